The zero-order chi connectivity index (χ0) is 18.9. The fraction of sp³-hybridized carbons (Fsp3) is 0.643. The second-order valence-electron chi connectivity index (χ2n) is 5.95. The van der Waals surface area contributed by atoms with E-state index in [0.717, 1.165) is 6.42 Å². The van der Waals surface area contributed by atoms with Crippen LogP contribution < -0.4 is 10.5 Å². The lowest BCUT2D eigenvalue weighted by molar-refractivity contribution is -0.0273. The van der Waals surface area contributed by atoms with E-state index in [1.165, 1.54) is 7.11 Å². The molecule has 3 rings (SSSR count). The number of rotatable bonds is 7. The lowest BCUT2D eigenvalue weighted by Gasteiger charge is -2.19. The Kier molecular flexibility index (Phi) is 5.75. The average Bonchev–Trinajstić information content (AvgIpc) is 3.16. The molecule has 0 aromatic carbocycles. The van der Waals surface area contributed by atoms with Crippen LogP contribution in [0.25, 0.3) is 11.2 Å². The van der Waals surface area contributed by atoms with Gasteiger partial charge >= 0.3 is 6.72 Å². The summed E-state index contributed by atoms with van der Waals surface area (Å²) in [5.74, 6) is 0.612. The first-order chi connectivity index (χ1) is 12.3. The van der Waals surface area contributed by atoms with Crippen LogP contribution >= 0.6 is 6.72 Å². The summed E-state index contributed by atoms with van der Waals surface area (Å²) in [6, 6.07) is 0. The molecule has 12 heteroatoms. The van der Waals surface area contributed by atoms with E-state index in [9.17, 15) is 4.89 Å². The minimum Gasteiger partial charge on any atom is -0.476 e. The number of hydrogen-bond acceptors (Lipinski definition) is 9. The topological polar surface area (TPSA) is 127 Å². The maximum absolute atomic E-state index is 9.72. The van der Waals surface area contributed by atoms with Gasteiger partial charge in [0.2, 0.25) is 11.8 Å². The van der Waals surface area contributed by atoms with Gasteiger partial charge in [0.05, 0.1) is 25.6 Å². The molecule has 2 aromatic rings. The molecule has 3 heterocycles. The van der Waals surface area contributed by atoms with Gasteiger partial charge in [0.25, 0.3) is 0 Å². The van der Waals surface area contributed by atoms with Gasteiger partial charge in [-0.1, -0.05) is 6.92 Å². The van der Waals surface area contributed by atoms with Gasteiger partial charge in [0.15, 0.2) is 11.2 Å². The number of anilines is 1. The molecule has 0 radical (unpaired) electrons. The van der Waals surface area contributed by atoms with E-state index >= 15 is 0 Å². The van der Waals surface area contributed by atoms with E-state index in [4.69, 9.17) is 36.1 Å². The van der Waals surface area contributed by atoms with E-state index < -0.39 is 6.72 Å². The van der Waals surface area contributed by atoms with Gasteiger partial charge in [0, 0.05) is 13.0 Å². The number of imidazole rings is 1. The molecule has 10 nitrogen and oxygen atoms in total. The van der Waals surface area contributed by atoms with Gasteiger partial charge < -0.3 is 29.1 Å². The number of aromatic nitrogens is 4. The summed E-state index contributed by atoms with van der Waals surface area (Å²) >= 11 is 4.84. The number of nitrogen functional groups attached to an aromatic ring is 1. The summed E-state index contributed by atoms with van der Waals surface area (Å²) in [7, 11) is 1.32. The lowest BCUT2D eigenvalue weighted by Crippen LogP contribution is -2.17. The summed E-state index contributed by atoms with van der Waals surface area (Å²) in [6.07, 6.45) is 1.82. The summed E-state index contributed by atoms with van der Waals surface area (Å²) in [5, 5.41) is 0. The predicted molar refractivity (Wildman–Crippen MR) is 98.1 cm³/mol. The maximum atomic E-state index is 9.72. The van der Waals surface area contributed by atoms with Crippen LogP contribution in [-0.4, -0.2) is 50.8 Å². The Morgan fingerprint density at radius 3 is 2.96 bits per heavy atom. The quantitative estimate of drug-likeness (QED) is 0.658. The third-order valence-corrected chi connectivity index (χ3v) is 5.77. The van der Waals surface area contributed by atoms with Gasteiger partial charge in [-0.25, -0.2) is 4.98 Å². The number of hydrogen-bond donors (Lipinski definition) is 2. The van der Waals surface area contributed by atoms with Crippen LogP contribution in [0.2, 0.25) is 0 Å². The highest BCUT2D eigenvalue weighted by atomic mass is 32.5. The molecule has 26 heavy (non-hydrogen) atoms. The van der Waals surface area contributed by atoms with Gasteiger partial charge in [0.1, 0.15) is 6.23 Å². The van der Waals surface area contributed by atoms with Crippen molar-refractivity contribution in [2.75, 3.05) is 26.1 Å². The molecule has 1 aliphatic heterocycles. The minimum absolute atomic E-state index is 0.106. The van der Waals surface area contributed by atoms with E-state index in [-0.39, 0.29) is 30.8 Å². The largest absolute Gasteiger partial charge is 0.476 e. The SMILES string of the molecule is CCOc1nc(N)nc2c1ncn2C1OC(COP(O)(=S)OC)CC1C. The van der Waals surface area contributed by atoms with Crippen LogP contribution in [0.5, 0.6) is 5.88 Å². The first kappa shape index (κ1) is 19.4. The summed E-state index contributed by atoms with van der Waals surface area (Å²) in [6.45, 7) is 1.30. The highest BCUT2D eigenvalue weighted by Gasteiger charge is 2.36. The third-order valence-electron chi connectivity index (χ3n) is 4.07. The Morgan fingerprint density at radius 1 is 1.50 bits per heavy atom. The molecule has 0 aliphatic carbocycles. The van der Waals surface area contributed by atoms with Gasteiger partial charge in [-0.3, -0.25) is 4.57 Å². The van der Waals surface area contributed by atoms with Crippen LogP contribution in [0, 0.1) is 5.92 Å². The Balaban J connectivity index is 1.82. The second kappa shape index (κ2) is 7.71. The van der Waals surface area contributed by atoms with Crippen molar-refractivity contribution in [3.8, 4) is 5.88 Å². The van der Waals surface area contributed by atoms with E-state index in [1.807, 2.05) is 11.5 Å². The van der Waals surface area contributed by atoms with Crippen molar-refractivity contribution in [3.05, 3.63) is 6.33 Å². The average molecular weight is 403 g/mol. The predicted octanol–water partition coefficient (Wildman–Crippen LogP) is 1.61. The Labute approximate surface area is 155 Å². The van der Waals surface area contributed by atoms with Crippen LogP contribution in [0.1, 0.15) is 26.5 Å². The lowest BCUT2D eigenvalue weighted by atomic mass is 10.1. The monoisotopic (exact) mass is 403 g/mol. The maximum Gasteiger partial charge on any atom is 0.324 e. The molecule has 0 amide bonds. The van der Waals surface area contributed by atoms with E-state index in [2.05, 4.69) is 21.9 Å². The molecule has 1 fully saturated rings. The van der Waals surface area contributed by atoms with E-state index in [1.54, 1.807) is 6.33 Å². The zero-order valence-electron chi connectivity index (χ0n) is 14.7. The number of nitrogens with zero attached hydrogens (tertiary/aromatic N) is 4. The molecule has 1 aliphatic rings. The molecular weight excluding hydrogens is 381 g/mol. The standard InChI is InChI=1S/C14H22N5O5PS/c1-4-22-12-10-11(17-14(15)18-12)19(7-16-10)13-8(2)5-9(24-13)6-23-25(20,26)21-3/h7-9,13H,4-6H2,1-3H3,(H,20,26)(H2,15,17,18). The summed E-state index contributed by atoms with van der Waals surface area (Å²) in [4.78, 5) is 22.4. The van der Waals surface area contributed by atoms with Crippen molar-refractivity contribution in [2.45, 2.75) is 32.6 Å². The van der Waals surface area contributed by atoms with Crippen LogP contribution in [0.15, 0.2) is 6.33 Å². The molecular formula is C14H22N5O5PS. The highest BCUT2D eigenvalue weighted by molar-refractivity contribution is 8.07. The van der Waals surface area contributed by atoms with Crippen LogP contribution in [0.3, 0.4) is 0 Å². The molecule has 2 aromatic heterocycles. The van der Waals surface area contributed by atoms with Gasteiger partial charge in [-0.05, 0) is 25.2 Å². The molecule has 0 saturated carbocycles. The Morgan fingerprint density at radius 2 is 2.27 bits per heavy atom. The van der Waals surface area contributed by atoms with Crippen LogP contribution in [-0.2, 0) is 25.6 Å². The fourth-order valence-corrected chi connectivity index (χ4v) is 3.57. The summed E-state index contributed by atoms with van der Waals surface area (Å²) < 4.78 is 23.4. The first-order valence-corrected chi connectivity index (χ1v) is 10.7. The molecule has 0 spiro atoms. The zero-order valence-corrected chi connectivity index (χ0v) is 16.4. The van der Waals surface area contributed by atoms with E-state index in [0.29, 0.717) is 23.7 Å². The van der Waals surface area contributed by atoms with Crippen molar-refractivity contribution in [1.29, 1.82) is 0 Å². The highest BCUT2D eigenvalue weighted by Crippen LogP contribution is 2.44. The third kappa shape index (κ3) is 3.98. The van der Waals surface area contributed by atoms with Gasteiger partial charge in [-0.15, -0.1) is 0 Å². The van der Waals surface area contributed by atoms with Crippen LogP contribution in [0.4, 0.5) is 5.95 Å². The number of ether oxygens (including phenoxy) is 2. The molecule has 1 saturated heterocycles. The summed E-state index contributed by atoms with van der Waals surface area (Å²) in [5.41, 5.74) is 6.88. The molecule has 4 atom stereocenters. The first-order valence-electron chi connectivity index (χ1n) is 8.16. The van der Waals surface area contributed by atoms with Crippen molar-refractivity contribution in [2.24, 2.45) is 5.92 Å². The Bertz CT molecular complexity index is 833. The minimum atomic E-state index is -3.20. The Hall–Kier alpha value is -1.36. The number of nitrogens with two attached hydrogens (primary N) is 1. The van der Waals surface area contributed by atoms with Crippen molar-refractivity contribution in [3.63, 3.8) is 0 Å². The number of fused-ring (bicyclic) bond motifs is 1. The fourth-order valence-electron chi connectivity index (χ4n) is 2.93. The van der Waals surface area contributed by atoms with Gasteiger partial charge in [-0.2, -0.15) is 9.97 Å². The smallest absolute Gasteiger partial charge is 0.324 e. The normalized spacial score (nSPS) is 25.5. The molecule has 3 N–H and O–H groups in total. The molecule has 144 valence electrons. The molecule has 0 bridgehead atoms. The second-order valence-corrected chi connectivity index (χ2v) is 8.90. The van der Waals surface area contributed by atoms with Crippen molar-refractivity contribution in [1.82, 2.24) is 19.5 Å². The molecule has 4 unspecified atom stereocenters. The van der Waals surface area contributed by atoms with Crippen molar-refractivity contribution >= 4 is 35.6 Å². The van der Waals surface area contributed by atoms with Crippen molar-refractivity contribution < 1.29 is 23.4 Å².